The number of aliphatic hydroxyl groups excluding tert-OH is 8. The molecule has 57 heavy (non-hydrogen) atoms. The molecule has 0 bridgehead atoms. The van der Waals surface area contributed by atoms with Crippen LogP contribution in [0.4, 0.5) is 0 Å². The van der Waals surface area contributed by atoms with Gasteiger partial charge in [0.05, 0.1) is 32.0 Å². The fraction of sp³-hybridized carbons (Fsp3) is 0.837. The van der Waals surface area contributed by atoms with Gasteiger partial charge in [0.15, 0.2) is 12.6 Å². The lowest BCUT2D eigenvalue weighted by Crippen LogP contribution is -2.65. The van der Waals surface area contributed by atoms with Gasteiger partial charge in [0.25, 0.3) is 0 Å². The van der Waals surface area contributed by atoms with Crippen LogP contribution in [-0.4, -0.2) is 140 Å². The van der Waals surface area contributed by atoms with Crippen molar-refractivity contribution >= 4 is 5.91 Å². The van der Waals surface area contributed by atoms with Crippen molar-refractivity contribution < 1.29 is 64.6 Å². The van der Waals surface area contributed by atoms with Crippen LogP contribution in [0.3, 0.4) is 0 Å². The Balaban J connectivity index is 1.88. The van der Waals surface area contributed by atoms with E-state index in [1.54, 1.807) is 0 Å². The highest BCUT2D eigenvalue weighted by Crippen LogP contribution is 2.30. The van der Waals surface area contributed by atoms with E-state index >= 15 is 0 Å². The van der Waals surface area contributed by atoms with Gasteiger partial charge in [-0.3, -0.25) is 4.79 Å². The zero-order valence-corrected chi connectivity index (χ0v) is 34.6. The summed E-state index contributed by atoms with van der Waals surface area (Å²) in [7, 11) is 0. The quantitative estimate of drug-likeness (QED) is 0.0361. The van der Waals surface area contributed by atoms with Gasteiger partial charge in [0, 0.05) is 6.42 Å². The molecule has 14 nitrogen and oxygen atoms in total. The van der Waals surface area contributed by atoms with E-state index in [4.69, 9.17) is 18.9 Å². The summed E-state index contributed by atoms with van der Waals surface area (Å²) in [6.07, 6.45) is 14.6. The van der Waals surface area contributed by atoms with E-state index in [2.05, 4.69) is 55.6 Å². The molecule has 2 aliphatic rings. The van der Waals surface area contributed by atoms with Crippen molar-refractivity contribution in [3.63, 3.8) is 0 Å². The molecule has 2 rings (SSSR count). The molecule has 0 aliphatic carbocycles. The number of hydrogen-bond acceptors (Lipinski definition) is 13. The Hall–Kier alpha value is -1.79. The SMILES string of the molecule is CC/C=C\C/C=C\C/C=C\CCCCCCCC(=O)NC(COC1OC(CO)C(OC2OC(CO)C(O)C(O)C2O)C(O)C1O)C(O)CCCCCCCCCC. The van der Waals surface area contributed by atoms with Crippen LogP contribution in [0.5, 0.6) is 0 Å². The lowest BCUT2D eigenvalue weighted by Gasteiger charge is -2.46. The molecular weight excluding hydrogens is 738 g/mol. The molecule has 2 heterocycles. The monoisotopic (exact) mass is 816 g/mol. The number of amides is 1. The van der Waals surface area contributed by atoms with E-state index in [1.807, 2.05) is 0 Å². The van der Waals surface area contributed by atoms with Crippen molar-refractivity contribution in [1.29, 1.82) is 0 Å². The third-order valence-electron chi connectivity index (χ3n) is 10.6. The molecule has 2 fully saturated rings. The maximum atomic E-state index is 13.1. The Kier molecular flexibility index (Phi) is 28.1. The van der Waals surface area contributed by atoms with Gasteiger partial charge in [0.2, 0.25) is 5.91 Å². The first-order valence-electron chi connectivity index (χ1n) is 21.7. The predicted molar refractivity (Wildman–Crippen MR) is 217 cm³/mol. The number of hydrogen-bond donors (Lipinski definition) is 9. The minimum atomic E-state index is -1.78. The Morgan fingerprint density at radius 3 is 1.86 bits per heavy atom. The van der Waals surface area contributed by atoms with Crippen LogP contribution in [0.2, 0.25) is 0 Å². The van der Waals surface area contributed by atoms with Crippen molar-refractivity contribution in [2.24, 2.45) is 0 Å². The largest absolute Gasteiger partial charge is 0.394 e. The van der Waals surface area contributed by atoms with Gasteiger partial charge < -0.3 is 65.1 Å². The number of ether oxygens (including phenoxy) is 4. The summed E-state index contributed by atoms with van der Waals surface area (Å²) in [5.74, 6) is -0.230. The number of allylic oxidation sites excluding steroid dienone is 6. The van der Waals surface area contributed by atoms with Crippen LogP contribution in [0.25, 0.3) is 0 Å². The Labute approximate surface area is 341 Å². The molecule has 0 radical (unpaired) electrons. The highest BCUT2D eigenvalue weighted by atomic mass is 16.7. The van der Waals surface area contributed by atoms with E-state index in [0.29, 0.717) is 12.8 Å². The zero-order valence-electron chi connectivity index (χ0n) is 34.6. The molecule has 332 valence electrons. The topological polar surface area (TPSA) is 228 Å². The number of carbonyl (C=O) groups is 1. The van der Waals surface area contributed by atoms with E-state index in [1.165, 1.54) is 25.7 Å². The number of rotatable bonds is 31. The fourth-order valence-electron chi connectivity index (χ4n) is 7.01. The van der Waals surface area contributed by atoms with Gasteiger partial charge in [-0.2, -0.15) is 0 Å². The molecule has 0 saturated carbocycles. The first-order chi connectivity index (χ1) is 27.6. The average Bonchev–Trinajstić information content (AvgIpc) is 3.21. The molecule has 0 aromatic heterocycles. The van der Waals surface area contributed by atoms with Crippen LogP contribution < -0.4 is 5.32 Å². The Morgan fingerprint density at radius 2 is 1.21 bits per heavy atom. The smallest absolute Gasteiger partial charge is 0.220 e. The van der Waals surface area contributed by atoms with Gasteiger partial charge in [-0.15, -0.1) is 0 Å². The van der Waals surface area contributed by atoms with Crippen LogP contribution in [0.15, 0.2) is 36.5 Å². The second-order valence-corrected chi connectivity index (χ2v) is 15.4. The van der Waals surface area contributed by atoms with Crippen molar-refractivity contribution in [3.8, 4) is 0 Å². The lowest BCUT2D eigenvalue weighted by molar-refractivity contribution is -0.359. The highest BCUT2D eigenvalue weighted by Gasteiger charge is 2.51. The first-order valence-corrected chi connectivity index (χ1v) is 21.7. The summed E-state index contributed by atoms with van der Waals surface area (Å²) in [5.41, 5.74) is 0. The normalized spacial score (nSPS) is 29.4. The van der Waals surface area contributed by atoms with Gasteiger partial charge >= 0.3 is 0 Å². The number of aliphatic hydroxyl groups is 8. The van der Waals surface area contributed by atoms with Gasteiger partial charge in [-0.05, 0) is 44.9 Å². The first kappa shape index (κ1) is 51.4. The van der Waals surface area contributed by atoms with Crippen LogP contribution >= 0.6 is 0 Å². The zero-order chi connectivity index (χ0) is 41.8. The van der Waals surface area contributed by atoms with Crippen molar-refractivity contribution in [1.82, 2.24) is 5.32 Å². The third-order valence-corrected chi connectivity index (χ3v) is 10.6. The van der Waals surface area contributed by atoms with Crippen LogP contribution in [0, 0.1) is 0 Å². The molecule has 0 aromatic rings. The maximum absolute atomic E-state index is 13.1. The number of unbranched alkanes of at least 4 members (excludes halogenated alkanes) is 12. The Morgan fingerprint density at radius 1 is 0.649 bits per heavy atom. The molecule has 2 saturated heterocycles. The van der Waals surface area contributed by atoms with Gasteiger partial charge in [-0.1, -0.05) is 121 Å². The summed E-state index contributed by atoms with van der Waals surface area (Å²) < 4.78 is 22.6. The molecular formula is C43H77NO13. The number of carbonyl (C=O) groups excluding carboxylic acids is 1. The summed E-state index contributed by atoms with van der Waals surface area (Å²) in [4.78, 5) is 13.1. The molecule has 12 atom stereocenters. The molecule has 0 spiro atoms. The highest BCUT2D eigenvalue weighted by molar-refractivity contribution is 5.76. The van der Waals surface area contributed by atoms with Crippen molar-refractivity contribution in [2.45, 2.75) is 209 Å². The summed E-state index contributed by atoms with van der Waals surface area (Å²) in [6, 6.07) is -0.833. The van der Waals surface area contributed by atoms with E-state index in [-0.39, 0.29) is 18.9 Å². The molecule has 14 heteroatoms. The third kappa shape index (κ3) is 19.9. The van der Waals surface area contributed by atoms with Crippen LogP contribution in [-0.2, 0) is 23.7 Å². The number of nitrogens with one attached hydrogen (secondary N) is 1. The molecule has 1 amide bonds. The summed E-state index contributed by atoms with van der Waals surface area (Å²) in [6.45, 7) is 2.65. The van der Waals surface area contributed by atoms with Crippen molar-refractivity contribution in [2.75, 3.05) is 19.8 Å². The fourth-order valence-corrected chi connectivity index (χ4v) is 7.01. The van der Waals surface area contributed by atoms with E-state index < -0.39 is 86.8 Å². The average molecular weight is 816 g/mol. The molecule has 12 unspecified atom stereocenters. The van der Waals surface area contributed by atoms with Crippen molar-refractivity contribution in [3.05, 3.63) is 36.5 Å². The predicted octanol–water partition coefficient (Wildman–Crippen LogP) is 3.59. The second-order valence-electron chi connectivity index (χ2n) is 15.4. The van der Waals surface area contributed by atoms with E-state index in [9.17, 15) is 45.6 Å². The minimum Gasteiger partial charge on any atom is -0.394 e. The second kappa shape index (κ2) is 31.1. The summed E-state index contributed by atoms with van der Waals surface area (Å²) >= 11 is 0. The molecule has 0 aromatic carbocycles. The Bertz CT molecular complexity index is 1100. The molecule has 2 aliphatic heterocycles. The van der Waals surface area contributed by atoms with Crippen LogP contribution in [0.1, 0.15) is 136 Å². The standard InChI is InChI=1S/C43H77NO13/c1-3-5-7-9-11-13-14-15-16-17-18-19-21-23-25-27-35(48)44-31(32(47)26-24-22-20-12-10-8-6-4-2)30-54-42-40(53)38(51)41(34(29-46)56-42)57-43-39(52)37(50)36(49)33(28-45)55-43/h5,7,11,13,15-16,31-34,36-43,45-47,49-53H,3-4,6,8-10,12,14,17-30H2,1-2H3,(H,44,48)/b7-5-,13-11-,16-15-. The van der Waals surface area contributed by atoms with Gasteiger partial charge in [-0.25, -0.2) is 0 Å². The summed E-state index contributed by atoms with van der Waals surface area (Å²) in [5, 5.41) is 86.3. The van der Waals surface area contributed by atoms with E-state index in [0.717, 1.165) is 77.0 Å². The minimum absolute atomic E-state index is 0.230. The molecule has 9 N–H and O–H groups in total. The van der Waals surface area contributed by atoms with Gasteiger partial charge in [0.1, 0.15) is 48.8 Å². The maximum Gasteiger partial charge on any atom is 0.220 e. The lowest BCUT2D eigenvalue weighted by atomic mass is 9.97.